The van der Waals surface area contributed by atoms with Crippen LogP contribution in [-0.4, -0.2) is 11.1 Å². The van der Waals surface area contributed by atoms with Crippen LogP contribution in [0.3, 0.4) is 0 Å². The van der Waals surface area contributed by atoms with Crippen molar-refractivity contribution in [1.29, 1.82) is 5.26 Å². The molecule has 0 radical (unpaired) electrons. The van der Waals surface area contributed by atoms with E-state index < -0.39 is 11.8 Å². The first-order valence-electron chi connectivity index (χ1n) is 3.95. The normalized spacial score (nSPS) is 9.50. The zero-order valence-corrected chi connectivity index (χ0v) is 7.54. The number of carboxylic acid groups (broad SMARTS) is 1. The van der Waals surface area contributed by atoms with Crippen LogP contribution in [0.4, 0.5) is 4.39 Å². The summed E-state index contributed by atoms with van der Waals surface area (Å²) in [5.74, 6) is -1.56. The minimum atomic E-state index is -1.08. The van der Waals surface area contributed by atoms with E-state index in [0.29, 0.717) is 5.56 Å². The largest absolute Gasteiger partial charge is 0.481 e. The number of benzene rings is 1. The molecule has 72 valence electrons. The molecule has 1 N–H and O–H groups in total. The van der Waals surface area contributed by atoms with Gasteiger partial charge in [0.05, 0.1) is 18.1 Å². The molecular weight excluding hydrogens is 185 g/mol. The van der Waals surface area contributed by atoms with Gasteiger partial charge in [-0.25, -0.2) is 4.39 Å². The van der Waals surface area contributed by atoms with Crippen LogP contribution in [0.15, 0.2) is 12.1 Å². The maximum Gasteiger partial charge on any atom is 0.307 e. The van der Waals surface area contributed by atoms with Gasteiger partial charge in [-0.3, -0.25) is 4.79 Å². The zero-order chi connectivity index (χ0) is 10.7. The molecule has 0 saturated carbocycles. The first kappa shape index (κ1) is 10.2. The summed E-state index contributed by atoms with van der Waals surface area (Å²) >= 11 is 0. The van der Waals surface area contributed by atoms with Gasteiger partial charge in [-0.15, -0.1) is 0 Å². The lowest BCUT2D eigenvalue weighted by Gasteiger charge is -2.03. The predicted molar refractivity (Wildman–Crippen MR) is 47.2 cm³/mol. The molecule has 0 atom stereocenters. The number of nitriles is 1. The second-order valence-electron chi connectivity index (χ2n) is 2.94. The highest BCUT2D eigenvalue weighted by Crippen LogP contribution is 2.15. The van der Waals surface area contributed by atoms with Gasteiger partial charge in [-0.2, -0.15) is 5.26 Å². The molecule has 14 heavy (non-hydrogen) atoms. The lowest BCUT2D eigenvalue weighted by Crippen LogP contribution is -2.03. The highest BCUT2D eigenvalue weighted by Gasteiger charge is 2.09. The molecule has 0 fully saturated rings. The predicted octanol–water partition coefficient (Wildman–Crippen LogP) is 1.63. The molecule has 4 heteroatoms. The molecule has 0 amide bonds. The molecule has 0 bridgehead atoms. The van der Waals surface area contributed by atoms with Crippen molar-refractivity contribution in [1.82, 2.24) is 0 Å². The van der Waals surface area contributed by atoms with Gasteiger partial charge in [0.1, 0.15) is 5.82 Å². The number of carbonyl (C=O) groups is 1. The molecule has 0 saturated heterocycles. The van der Waals surface area contributed by atoms with Crippen LogP contribution in [0.2, 0.25) is 0 Å². The Kier molecular flexibility index (Phi) is 2.82. The van der Waals surface area contributed by atoms with Crippen LogP contribution in [0.1, 0.15) is 16.7 Å². The van der Waals surface area contributed by atoms with Crippen molar-refractivity contribution in [2.24, 2.45) is 0 Å². The Hall–Kier alpha value is -1.89. The standard InChI is InChI=1S/C10H8FNO2/c1-6-2-8(5-12)7(3-9(6)11)4-10(13)14/h2-3H,4H2,1H3,(H,13,14). The average molecular weight is 193 g/mol. The van der Waals surface area contributed by atoms with Crippen molar-refractivity contribution in [3.63, 3.8) is 0 Å². The number of hydrogen-bond donors (Lipinski definition) is 1. The number of aryl methyl sites for hydroxylation is 1. The van der Waals surface area contributed by atoms with Gasteiger partial charge >= 0.3 is 5.97 Å². The van der Waals surface area contributed by atoms with E-state index in [2.05, 4.69) is 0 Å². The second-order valence-corrected chi connectivity index (χ2v) is 2.94. The first-order chi connectivity index (χ1) is 6.54. The van der Waals surface area contributed by atoms with Crippen molar-refractivity contribution in [2.45, 2.75) is 13.3 Å². The number of hydrogen-bond acceptors (Lipinski definition) is 2. The maximum absolute atomic E-state index is 13.0. The molecule has 0 aliphatic carbocycles. The van der Waals surface area contributed by atoms with Crippen molar-refractivity contribution >= 4 is 5.97 Å². The molecule has 1 rings (SSSR count). The summed E-state index contributed by atoms with van der Waals surface area (Å²) in [5, 5.41) is 17.2. The molecule has 0 aromatic heterocycles. The van der Waals surface area contributed by atoms with Crippen LogP contribution in [-0.2, 0) is 11.2 Å². The lowest BCUT2D eigenvalue weighted by molar-refractivity contribution is -0.136. The fourth-order valence-electron chi connectivity index (χ4n) is 1.14. The summed E-state index contributed by atoms with van der Waals surface area (Å²) < 4.78 is 13.0. The molecule has 3 nitrogen and oxygen atoms in total. The fourth-order valence-corrected chi connectivity index (χ4v) is 1.14. The van der Waals surface area contributed by atoms with E-state index in [4.69, 9.17) is 10.4 Å². The highest BCUT2D eigenvalue weighted by molar-refractivity contribution is 5.71. The van der Waals surface area contributed by atoms with Gasteiger partial charge in [-0.05, 0) is 30.2 Å². The smallest absolute Gasteiger partial charge is 0.307 e. The van der Waals surface area contributed by atoms with Crippen LogP contribution < -0.4 is 0 Å². The highest BCUT2D eigenvalue weighted by atomic mass is 19.1. The molecule has 1 aromatic rings. The molecule has 0 aliphatic heterocycles. The number of carboxylic acids is 1. The molecule has 0 heterocycles. The Labute approximate surface area is 80.4 Å². The van der Waals surface area contributed by atoms with Gasteiger partial charge in [0, 0.05) is 0 Å². The number of nitrogens with zero attached hydrogens (tertiary/aromatic N) is 1. The van der Waals surface area contributed by atoms with Crippen molar-refractivity contribution in [3.05, 3.63) is 34.6 Å². The number of halogens is 1. The number of aliphatic carboxylic acids is 1. The quantitative estimate of drug-likeness (QED) is 0.776. The van der Waals surface area contributed by atoms with Crippen LogP contribution in [0.5, 0.6) is 0 Å². The van der Waals surface area contributed by atoms with Crippen molar-refractivity contribution in [3.8, 4) is 6.07 Å². The number of rotatable bonds is 2. The molecular formula is C10H8FNO2. The average Bonchev–Trinajstić information content (AvgIpc) is 2.10. The summed E-state index contributed by atoms with van der Waals surface area (Å²) in [6, 6.07) is 4.29. The Morgan fingerprint density at radius 3 is 2.79 bits per heavy atom. The zero-order valence-electron chi connectivity index (χ0n) is 7.54. The third kappa shape index (κ3) is 2.07. The summed E-state index contributed by atoms with van der Waals surface area (Å²) in [4.78, 5) is 10.4. The third-order valence-corrected chi connectivity index (χ3v) is 1.85. The van der Waals surface area contributed by atoms with E-state index >= 15 is 0 Å². The lowest BCUT2D eigenvalue weighted by atomic mass is 10.0. The van der Waals surface area contributed by atoms with Gasteiger partial charge in [0.15, 0.2) is 0 Å². The Balaban J connectivity index is 3.22. The van der Waals surface area contributed by atoms with E-state index in [1.54, 1.807) is 0 Å². The topological polar surface area (TPSA) is 61.1 Å². The van der Waals surface area contributed by atoms with Crippen molar-refractivity contribution < 1.29 is 14.3 Å². The third-order valence-electron chi connectivity index (χ3n) is 1.85. The fraction of sp³-hybridized carbons (Fsp3) is 0.200. The summed E-state index contributed by atoms with van der Waals surface area (Å²) in [6.45, 7) is 1.53. The minimum Gasteiger partial charge on any atom is -0.481 e. The second kappa shape index (κ2) is 3.88. The van der Waals surface area contributed by atoms with Crippen LogP contribution in [0, 0.1) is 24.1 Å². The van der Waals surface area contributed by atoms with Gasteiger partial charge in [-0.1, -0.05) is 0 Å². The van der Waals surface area contributed by atoms with E-state index in [1.807, 2.05) is 6.07 Å². The summed E-state index contributed by atoms with van der Waals surface area (Å²) in [5.41, 5.74) is 0.769. The molecule has 0 aliphatic rings. The monoisotopic (exact) mass is 193 g/mol. The first-order valence-corrected chi connectivity index (χ1v) is 3.95. The molecule has 0 spiro atoms. The van der Waals surface area contributed by atoms with Gasteiger partial charge < -0.3 is 5.11 Å². The van der Waals surface area contributed by atoms with E-state index in [-0.39, 0.29) is 17.5 Å². The Morgan fingerprint density at radius 2 is 2.29 bits per heavy atom. The van der Waals surface area contributed by atoms with Crippen molar-refractivity contribution in [2.75, 3.05) is 0 Å². The SMILES string of the molecule is Cc1cc(C#N)c(CC(=O)O)cc1F. The van der Waals surface area contributed by atoms with E-state index in [1.165, 1.54) is 13.0 Å². The maximum atomic E-state index is 13.0. The molecule has 0 unspecified atom stereocenters. The minimum absolute atomic E-state index is 0.211. The van der Waals surface area contributed by atoms with E-state index in [0.717, 1.165) is 6.07 Å². The summed E-state index contributed by atoms with van der Waals surface area (Å²) in [7, 11) is 0. The van der Waals surface area contributed by atoms with Gasteiger partial charge in [0.25, 0.3) is 0 Å². The van der Waals surface area contributed by atoms with E-state index in [9.17, 15) is 9.18 Å². The molecule has 1 aromatic carbocycles. The summed E-state index contributed by atoms with van der Waals surface area (Å²) in [6.07, 6.45) is -0.333. The Bertz CT molecular complexity index is 421. The van der Waals surface area contributed by atoms with Crippen LogP contribution in [0.25, 0.3) is 0 Å². The Morgan fingerprint density at radius 1 is 1.64 bits per heavy atom. The van der Waals surface area contributed by atoms with Gasteiger partial charge in [0.2, 0.25) is 0 Å². The van der Waals surface area contributed by atoms with Crippen LogP contribution >= 0.6 is 0 Å².